The monoisotopic (exact) mass is 272 g/mol. The molecule has 1 saturated heterocycles. The molecule has 1 N–H and O–H groups in total. The highest BCUT2D eigenvalue weighted by Gasteiger charge is 2.43. The fourth-order valence-electron chi connectivity index (χ4n) is 3.90. The van der Waals surface area contributed by atoms with Crippen molar-refractivity contribution in [1.82, 2.24) is 5.32 Å². The van der Waals surface area contributed by atoms with E-state index in [9.17, 15) is 0 Å². The molecule has 0 radical (unpaired) electrons. The highest BCUT2D eigenvalue weighted by atomic mass is 15.2. The molecule has 2 nitrogen and oxygen atoms in total. The summed E-state index contributed by atoms with van der Waals surface area (Å²) >= 11 is 0. The van der Waals surface area contributed by atoms with E-state index < -0.39 is 0 Å². The van der Waals surface area contributed by atoms with Crippen LogP contribution >= 0.6 is 0 Å². The number of unbranched alkanes of at least 4 members (excludes halogenated alkanes) is 1. The molecule has 2 heterocycles. The lowest BCUT2D eigenvalue weighted by molar-refractivity contribution is 0.325. The lowest BCUT2D eigenvalue weighted by Gasteiger charge is -2.35. The quantitative estimate of drug-likeness (QED) is 0.905. The minimum absolute atomic E-state index is 0.423. The summed E-state index contributed by atoms with van der Waals surface area (Å²) in [4.78, 5) is 2.66. The average molecular weight is 272 g/mol. The molecule has 2 aliphatic heterocycles. The number of rotatable bonds is 3. The van der Waals surface area contributed by atoms with Gasteiger partial charge in [-0.25, -0.2) is 0 Å². The third-order valence-corrected chi connectivity index (χ3v) is 5.36. The van der Waals surface area contributed by atoms with Gasteiger partial charge in [-0.1, -0.05) is 19.4 Å². The first-order valence-electron chi connectivity index (χ1n) is 8.24. The van der Waals surface area contributed by atoms with Gasteiger partial charge in [-0.2, -0.15) is 0 Å². The maximum Gasteiger partial charge on any atom is 0.0408 e. The van der Waals surface area contributed by atoms with Gasteiger partial charge in [0.05, 0.1) is 0 Å². The van der Waals surface area contributed by atoms with Crippen LogP contribution in [0, 0.1) is 13.8 Å². The Morgan fingerprint density at radius 2 is 1.85 bits per heavy atom. The summed E-state index contributed by atoms with van der Waals surface area (Å²) < 4.78 is 0. The van der Waals surface area contributed by atoms with Crippen molar-refractivity contribution in [2.24, 2.45) is 0 Å². The van der Waals surface area contributed by atoms with Gasteiger partial charge in [0.25, 0.3) is 0 Å². The molecule has 1 aromatic rings. The zero-order chi connectivity index (χ0) is 14.2. The second-order valence-corrected chi connectivity index (χ2v) is 6.76. The minimum Gasteiger partial charge on any atom is -0.370 e. The molecule has 20 heavy (non-hydrogen) atoms. The molecule has 0 amide bonds. The van der Waals surface area contributed by atoms with Crippen molar-refractivity contribution in [2.45, 2.75) is 51.9 Å². The normalized spacial score (nSPS) is 20.4. The second-order valence-electron chi connectivity index (χ2n) is 6.76. The predicted octanol–water partition coefficient (Wildman–Crippen LogP) is 3.54. The maximum absolute atomic E-state index is 3.53. The van der Waals surface area contributed by atoms with E-state index in [1.165, 1.54) is 68.7 Å². The molecule has 0 unspecified atom stereocenters. The van der Waals surface area contributed by atoms with E-state index in [2.05, 4.69) is 43.1 Å². The Hall–Kier alpha value is -1.02. The topological polar surface area (TPSA) is 15.3 Å². The lowest BCUT2D eigenvalue weighted by Crippen LogP contribution is -2.43. The predicted molar refractivity (Wildman–Crippen MR) is 86.8 cm³/mol. The molecule has 1 aromatic carbocycles. The van der Waals surface area contributed by atoms with Gasteiger partial charge in [0.2, 0.25) is 0 Å². The number of nitrogens with one attached hydrogen (secondary N) is 1. The summed E-state index contributed by atoms with van der Waals surface area (Å²) in [6.45, 7) is 11.6. The summed E-state index contributed by atoms with van der Waals surface area (Å²) in [6, 6.07) is 4.93. The van der Waals surface area contributed by atoms with Gasteiger partial charge in [0.1, 0.15) is 0 Å². The largest absolute Gasteiger partial charge is 0.370 e. The third kappa shape index (κ3) is 2.24. The summed E-state index contributed by atoms with van der Waals surface area (Å²) in [6.07, 6.45) is 5.18. The first-order valence-corrected chi connectivity index (χ1v) is 8.24. The van der Waals surface area contributed by atoms with Crippen molar-refractivity contribution in [3.8, 4) is 0 Å². The molecule has 1 fully saturated rings. The molecule has 2 heteroatoms. The lowest BCUT2D eigenvalue weighted by atomic mass is 9.74. The van der Waals surface area contributed by atoms with E-state index in [0.29, 0.717) is 5.41 Å². The number of hydrogen-bond acceptors (Lipinski definition) is 2. The van der Waals surface area contributed by atoms with Crippen LogP contribution in [0.25, 0.3) is 0 Å². The fraction of sp³-hybridized carbons (Fsp3) is 0.667. The van der Waals surface area contributed by atoms with E-state index in [0.717, 1.165) is 0 Å². The number of benzene rings is 1. The number of fused-ring (bicyclic) bond motifs is 2. The van der Waals surface area contributed by atoms with Crippen molar-refractivity contribution in [2.75, 3.05) is 31.1 Å². The Morgan fingerprint density at radius 3 is 2.55 bits per heavy atom. The van der Waals surface area contributed by atoms with E-state index in [-0.39, 0.29) is 0 Å². The van der Waals surface area contributed by atoms with Gasteiger partial charge in [0.15, 0.2) is 0 Å². The van der Waals surface area contributed by atoms with Crippen LogP contribution in [-0.4, -0.2) is 26.2 Å². The highest BCUT2D eigenvalue weighted by molar-refractivity contribution is 5.65. The molecule has 2 aliphatic rings. The second kappa shape index (κ2) is 5.40. The Balaban J connectivity index is 2.00. The van der Waals surface area contributed by atoms with Gasteiger partial charge in [-0.15, -0.1) is 0 Å². The fourth-order valence-corrected chi connectivity index (χ4v) is 3.90. The van der Waals surface area contributed by atoms with Crippen LogP contribution in [0.2, 0.25) is 0 Å². The molecule has 0 aromatic heterocycles. The third-order valence-electron chi connectivity index (χ3n) is 5.36. The SMILES string of the molecule is CCCCN1CC2(CCNCC2)c2cc(C)c(C)cc21. The zero-order valence-corrected chi connectivity index (χ0v) is 13.3. The Morgan fingerprint density at radius 1 is 1.15 bits per heavy atom. The highest BCUT2D eigenvalue weighted by Crippen LogP contribution is 2.47. The molecule has 0 bridgehead atoms. The van der Waals surface area contributed by atoms with Crippen molar-refractivity contribution < 1.29 is 0 Å². The van der Waals surface area contributed by atoms with Crippen molar-refractivity contribution in [1.29, 1.82) is 0 Å². The van der Waals surface area contributed by atoms with Crippen molar-refractivity contribution >= 4 is 5.69 Å². The van der Waals surface area contributed by atoms with Gasteiger partial charge in [0, 0.05) is 24.2 Å². The number of aryl methyl sites for hydroxylation is 2. The van der Waals surface area contributed by atoms with Crippen molar-refractivity contribution in [3.63, 3.8) is 0 Å². The van der Waals surface area contributed by atoms with Gasteiger partial charge in [-0.3, -0.25) is 0 Å². The summed E-state index contributed by atoms with van der Waals surface area (Å²) in [7, 11) is 0. The number of piperidine rings is 1. The van der Waals surface area contributed by atoms with Crippen LogP contribution in [0.5, 0.6) is 0 Å². The van der Waals surface area contributed by atoms with Crippen LogP contribution < -0.4 is 10.2 Å². The summed E-state index contributed by atoms with van der Waals surface area (Å²) in [5.41, 5.74) is 6.49. The molecular weight excluding hydrogens is 244 g/mol. The van der Waals surface area contributed by atoms with Crippen LogP contribution in [0.15, 0.2) is 12.1 Å². The van der Waals surface area contributed by atoms with Crippen molar-refractivity contribution in [3.05, 3.63) is 28.8 Å². The van der Waals surface area contributed by atoms with E-state index in [1.807, 2.05) is 0 Å². The number of nitrogens with zero attached hydrogens (tertiary/aromatic N) is 1. The van der Waals surface area contributed by atoms with E-state index >= 15 is 0 Å². The molecule has 0 atom stereocenters. The number of hydrogen-bond donors (Lipinski definition) is 1. The first-order chi connectivity index (χ1) is 9.66. The summed E-state index contributed by atoms with van der Waals surface area (Å²) in [5, 5.41) is 3.53. The maximum atomic E-state index is 3.53. The zero-order valence-electron chi connectivity index (χ0n) is 13.3. The Kier molecular flexibility index (Phi) is 3.76. The van der Waals surface area contributed by atoms with Crippen LogP contribution in [0.4, 0.5) is 5.69 Å². The van der Waals surface area contributed by atoms with Crippen LogP contribution in [-0.2, 0) is 5.41 Å². The molecular formula is C18H28N2. The smallest absolute Gasteiger partial charge is 0.0408 e. The molecule has 3 rings (SSSR count). The minimum atomic E-state index is 0.423. The van der Waals surface area contributed by atoms with Crippen LogP contribution in [0.3, 0.4) is 0 Å². The first kappa shape index (κ1) is 13.9. The van der Waals surface area contributed by atoms with Crippen LogP contribution in [0.1, 0.15) is 49.3 Å². The molecule has 1 spiro atoms. The van der Waals surface area contributed by atoms with Gasteiger partial charge in [-0.05, 0) is 69.0 Å². The average Bonchev–Trinajstić information content (AvgIpc) is 2.72. The van der Waals surface area contributed by atoms with Gasteiger partial charge < -0.3 is 10.2 Å². The van der Waals surface area contributed by atoms with Gasteiger partial charge >= 0.3 is 0 Å². The molecule has 0 aliphatic carbocycles. The van der Waals surface area contributed by atoms with E-state index in [1.54, 1.807) is 5.56 Å². The summed E-state index contributed by atoms with van der Waals surface area (Å²) in [5.74, 6) is 0. The molecule has 110 valence electrons. The molecule has 0 saturated carbocycles. The Bertz CT molecular complexity index is 486. The number of anilines is 1. The van der Waals surface area contributed by atoms with E-state index in [4.69, 9.17) is 0 Å². The standard InChI is InChI=1S/C18H28N2/c1-4-5-10-20-13-18(6-8-19-9-7-18)16-11-14(2)15(3)12-17(16)20/h11-12,19H,4-10,13H2,1-3H3. The Labute approximate surface area is 123 Å².